The molecule has 21 heavy (non-hydrogen) atoms. The van der Waals surface area contributed by atoms with Crippen LogP contribution in [0, 0.1) is 0 Å². The van der Waals surface area contributed by atoms with Crippen molar-refractivity contribution in [2.75, 3.05) is 13.2 Å². The molecule has 5 nitrogen and oxygen atoms in total. The molecule has 0 atom stereocenters. The van der Waals surface area contributed by atoms with Crippen molar-refractivity contribution in [3.05, 3.63) is 35.1 Å². The second-order valence-electron chi connectivity index (χ2n) is 5.30. The molecule has 1 N–H and O–H groups in total. The molecule has 1 aromatic heterocycles. The van der Waals surface area contributed by atoms with Gasteiger partial charge >= 0.3 is 0 Å². The van der Waals surface area contributed by atoms with E-state index < -0.39 is 0 Å². The van der Waals surface area contributed by atoms with E-state index in [4.69, 9.17) is 16.1 Å². The number of halogens is 1. The first kappa shape index (κ1) is 14.5. The van der Waals surface area contributed by atoms with Crippen molar-refractivity contribution in [1.82, 2.24) is 15.0 Å². The largest absolute Gasteiger partial charge is 0.395 e. The van der Waals surface area contributed by atoms with Gasteiger partial charge in [-0.25, -0.2) is 0 Å². The van der Waals surface area contributed by atoms with Crippen LogP contribution < -0.4 is 0 Å². The summed E-state index contributed by atoms with van der Waals surface area (Å²) in [6, 6.07) is 7.85. The molecule has 1 saturated carbocycles. The molecule has 0 unspecified atom stereocenters. The number of aliphatic hydroxyl groups is 1. The fourth-order valence-corrected chi connectivity index (χ4v) is 2.61. The van der Waals surface area contributed by atoms with E-state index in [2.05, 4.69) is 15.0 Å². The molecule has 0 amide bonds. The average Bonchev–Trinajstić information content (AvgIpc) is 2.86. The summed E-state index contributed by atoms with van der Waals surface area (Å²) in [6.45, 7) is 1.41. The average molecular weight is 308 g/mol. The summed E-state index contributed by atoms with van der Waals surface area (Å²) in [5.74, 6) is 1.15. The summed E-state index contributed by atoms with van der Waals surface area (Å²) in [5, 5.41) is 13.9. The minimum Gasteiger partial charge on any atom is -0.395 e. The van der Waals surface area contributed by atoms with Gasteiger partial charge in [-0.3, -0.25) is 4.90 Å². The molecule has 2 aromatic rings. The predicted octanol–water partition coefficient (Wildman–Crippen LogP) is 2.74. The van der Waals surface area contributed by atoms with Crippen molar-refractivity contribution < 1.29 is 9.63 Å². The van der Waals surface area contributed by atoms with Gasteiger partial charge in [0.15, 0.2) is 5.82 Å². The van der Waals surface area contributed by atoms with Gasteiger partial charge in [-0.2, -0.15) is 4.98 Å². The molecule has 1 heterocycles. The molecule has 0 spiro atoms. The van der Waals surface area contributed by atoms with Crippen LogP contribution in [-0.2, 0) is 6.54 Å². The van der Waals surface area contributed by atoms with E-state index in [1.807, 2.05) is 12.1 Å². The molecule has 0 radical (unpaired) electrons. The Morgan fingerprint density at radius 3 is 2.67 bits per heavy atom. The monoisotopic (exact) mass is 307 g/mol. The Bertz CT molecular complexity index is 581. The highest BCUT2D eigenvalue weighted by Gasteiger charge is 2.25. The maximum atomic E-state index is 9.17. The van der Waals surface area contributed by atoms with Crippen molar-refractivity contribution in [3.8, 4) is 11.5 Å². The maximum Gasteiger partial charge on any atom is 0.257 e. The molecular weight excluding hydrogens is 290 g/mol. The SMILES string of the molecule is OCCN(Cc1noc(-c2ccc(Cl)cc2)n1)C1CCC1. The molecular formula is C15H18ClN3O2. The third kappa shape index (κ3) is 3.43. The standard InChI is InChI=1S/C15H18ClN3O2/c16-12-6-4-11(5-7-12)15-17-14(18-21-15)10-19(8-9-20)13-2-1-3-13/h4-7,13,20H,1-3,8-10H2. The Kier molecular flexibility index (Phi) is 4.53. The zero-order valence-corrected chi connectivity index (χ0v) is 12.5. The summed E-state index contributed by atoms with van der Waals surface area (Å²) in [6.07, 6.45) is 3.62. The molecule has 0 aliphatic heterocycles. The van der Waals surface area contributed by atoms with Gasteiger partial charge in [0, 0.05) is 23.2 Å². The summed E-state index contributed by atoms with van der Waals surface area (Å²) in [5.41, 5.74) is 0.857. The van der Waals surface area contributed by atoms with Crippen LogP contribution >= 0.6 is 11.6 Å². The molecule has 0 saturated heterocycles. The molecule has 0 bridgehead atoms. The van der Waals surface area contributed by atoms with Crippen LogP contribution in [0.4, 0.5) is 0 Å². The predicted molar refractivity (Wildman–Crippen MR) is 79.9 cm³/mol. The first-order valence-electron chi connectivity index (χ1n) is 7.19. The van der Waals surface area contributed by atoms with E-state index in [-0.39, 0.29) is 6.61 Å². The normalized spacial score (nSPS) is 15.4. The topological polar surface area (TPSA) is 62.4 Å². The number of aliphatic hydroxyl groups excluding tert-OH is 1. The third-order valence-electron chi connectivity index (χ3n) is 3.88. The minimum atomic E-state index is 0.151. The molecule has 1 aromatic carbocycles. The van der Waals surface area contributed by atoms with E-state index >= 15 is 0 Å². The molecule has 1 fully saturated rings. The third-order valence-corrected chi connectivity index (χ3v) is 4.13. The first-order chi connectivity index (χ1) is 10.3. The maximum absolute atomic E-state index is 9.17. The van der Waals surface area contributed by atoms with Gasteiger partial charge in [0.25, 0.3) is 5.89 Å². The second kappa shape index (κ2) is 6.56. The van der Waals surface area contributed by atoms with Crippen LogP contribution in [-0.4, -0.2) is 39.3 Å². The fourth-order valence-electron chi connectivity index (χ4n) is 2.48. The van der Waals surface area contributed by atoms with Crippen LogP contribution in [0.1, 0.15) is 25.1 Å². The Hall–Kier alpha value is -1.43. The van der Waals surface area contributed by atoms with Gasteiger partial charge in [-0.1, -0.05) is 23.2 Å². The second-order valence-corrected chi connectivity index (χ2v) is 5.74. The zero-order chi connectivity index (χ0) is 14.7. The lowest BCUT2D eigenvalue weighted by Gasteiger charge is -2.36. The highest BCUT2D eigenvalue weighted by Crippen LogP contribution is 2.26. The quantitative estimate of drug-likeness (QED) is 0.889. The minimum absolute atomic E-state index is 0.151. The summed E-state index contributed by atoms with van der Waals surface area (Å²) >= 11 is 5.87. The van der Waals surface area contributed by atoms with Crippen molar-refractivity contribution in [1.29, 1.82) is 0 Å². The van der Waals surface area contributed by atoms with Gasteiger partial charge in [0.05, 0.1) is 13.2 Å². The highest BCUT2D eigenvalue weighted by atomic mass is 35.5. The van der Waals surface area contributed by atoms with Crippen molar-refractivity contribution >= 4 is 11.6 Å². The molecule has 3 rings (SSSR count). The van der Waals surface area contributed by atoms with Gasteiger partial charge in [-0.15, -0.1) is 0 Å². The summed E-state index contributed by atoms with van der Waals surface area (Å²) in [7, 11) is 0. The number of benzene rings is 1. The van der Waals surface area contributed by atoms with Crippen molar-refractivity contribution in [3.63, 3.8) is 0 Å². The molecule has 1 aliphatic carbocycles. The van der Waals surface area contributed by atoms with Gasteiger partial charge < -0.3 is 9.63 Å². The molecule has 6 heteroatoms. The number of nitrogens with zero attached hydrogens (tertiary/aromatic N) is 3. The van der Waals surface area contributed by atoms with Crippen LogP contribution in [0.5, 0.6) is 0 Å². The van der Waals surface area contributed by atoms with Crippen LogP contribution in [0.25, 0.3) is 11.5 Å². The van der Waals surface area contributed by atoms with E-state index in [1.165, 1.54) is 19.3 Å². The van der Waals surface area contributed by atoms with Gasteiger partial charge in [0.1, 0.15) is 0 Å². The Labute approximate surface area is 128 Å². The molecule has 112 valence electrons. The van der Waals surface area contributed by atoms with Crippen LogP contribution in [0.3, 0.4) is 0 Å². The number of rotatable bonds is 6. The Morgan fingerprint density at radius 2 is 2.05 bits per heavy atom. The van der Waals surface area contributed by atoms with Gasteiger partial charge in [0.2, 0.25) is 0 Å². The van der Waals surface area contributed by atoms with E-state index in [0.29, 0.717) is 35.9 Å². The molecule has 1 aliphatic rings. The number of hydrogen-bond acceptors (Lipinski definition) is 5. The van der Waals surface area contributed by atoms with Gasteiger partial charge in [-0.05, 0) is 37.1 Å². The van der Waals surface area contributed by atoms with Crippen molar-refractivity contribution in [2.45, 2.75) is 31.8 Å². The van der Waals surface area contributed by atoms with E-state index in [9.17, 15) is 5.11 Å². The summed E-state index contributed by atoms with van der Waals surface area (Å²) < 4.78 is 5.31. The lowest BCUT2D eigenvalue weighted by Crippen LogP contribution is -2.41. The van der Waals surface area contributed by atoms with Crippen molar-refractivity contribution in [2.24, 2.45) is 0 Å². The van der Waals surface area contributed by atoms with Crippen LogP contribution in [0.2, 0.25) is 5.02 Å². The van der Waals surface area contributed by atoms with E-state index in [1.54, 1.807) is 12.1 Å². The smallest absolute Gasteiger partial charge is 0.257 e. The Morgan fingerprint density at radius 1 is 1.29 bits per heavy atom. The van der Waals surface area contributed by atoms with E-state index in [0.717, 1.165) is 5.56 Å². The lowest BCUT2D eigenvalue weighted by molar-refractivity contribution is 0.0912. The lowest BCUT2D eigenvalue weighted by atomic mass is 9.91. The first-order valence-corrected chi connectivity index (χ1v) is 7.57. The zero-order valence-electron chi connectivity index (χ0n) is 11.7. The Balaban J connectivity index is 1.70. The fraction of sp³-hybridized carbons (Fsp3) is 0.467. The summed E-state index contributed by atoms with van der Waals surface area (Å²) in [4.78, 5) is 6.65. The number of hydrogen-bond donors (Lipinski definition) is 1. The van der Waals surface area contributed by atoms with Crippen LogP contribution in [0.15, 0.2) is 28.8 Å². The number of aromatic nitrogens is 2. The highest BCUT2D eigenvalue weighted by molar-refractivity contribution is 6.30.